The monoisotopic (exact) mass is 234 g/mol. The second kappa shape index (κ2) is 4.28. The summed E-state index contributed by atoms with van der Waals surface area (Å²) >= 11 is 1.31. The van der Waals surface area contributed by atoms with E-state index in [2.05, 4.69) is 9.97 Å². The lowest BCUT2D eigenvalue weighted by Gasteiger charge is -2.01. The van der Waals surface area contributed by atoms with Gasteiger partial charge < -0.3 is 11.5 Å². The van der Waals surface area contributed by atoms with Gasteiger partial charge in [0.15, 0.2) is 10.9 Å². The van der Waals surface area contributed by atoms with E-state index in [1.165, 1.54) is 11.3 Å². The average molecular weight is 234 g/mol. The highest BCUT2D eigenvalue weighted by Crippen LogP contribution is 2.15. The number of pyridine rings is 1. The number of Topliss-reactive ketones (excluding diaryl/α,β-unsaturated/α-hetero) is 1. The van der Waals surface area contributed by atoms with Gasteiger partial charge in [0, 0.05) is 11.6 Å². The summed E-state index contributed by atoms with van der Waals surface area (Å²) in [4.78, 5) is 19.7. The molecular weight excluding hydrogens is 224 g/mol. The number of nitrogens with zero attached hydrogens (tertiary/aromatic N) is 2. The number of ketones is 1. The Kier molecular flexibility index (Phi) is 2.82. The van der Waals surface area contributed by atoms with Crippen molar-refractivity contribution in [1.29, 1.82) is 0 Å². The molecule has 4 N–H and O–H groups in total. The summed E-state index contributed by atoms with van der Waals surface area (Å²) in [6.07, 6.45) is 1.75. The van der Waals surface area contributed by atoms with Crippen molar-refractivity contribution >= 4 is 28.1 Å². The van der Waals surface area contributed by atoms with Gasteiger partial charge in [-0.1, -0.05) is 0 Å². The van der Waals surface area contributed by atoms with Crippen LogP contribution in [0.4, 0.5) is 10.9 Å². The highest BCUT2D eigenvalue weighted by Gasteiger charge is 2.12. The molecule has 0 saturated carbocycles. The van der Waals surface area contributed by atoms with Crippen molar-refractivity contribution in [2.75, 3.05) is 11.5 Å². The molecule has 0 aliphatic heterocycles. The minimum absolute atomic E-state index is 0.101. The molecule has 0 aliphatic rings. The summed E-state index contributed by atoms with van der Waals surface area (Å²) in [5.74, 6) is 0.145. The lowest BCUT2D eigenvalue weighted by molar-refractivity contribution is 0.0993. The SMILES string of the molecule is Nc1nc(CC(=O)c2cccnc2N)cs1. The molecule has 2 heterocycles. The molecule has 0 aromatic carbocycles. The third kappa shape index (κ3) is 2.17. The van der Waals surface area contributed by atoms with Crippen molar-refractivity contribution in [3.05, 3.63) is 35.0 Å². The van der Waals surface area contributed by atoms with Crippen molar-refractivity contribution in [3.63, 3.8) is 0 Å². The number of aromatic nitrogens is 2. The summed E-state index contributed by atoms with van der Waals surface area (Å²) in [6, 6.07) is 3.33. The smallest absolute Gasteiger partial charge is 0.180 e. The molecular formula is C10H10N4OS. The van der Waals surface area contributed by atoms with Crippen LogP contribution in [0, 0.1) is 0 Å². The van der Waals surface area contributed by atoms with Crippen LogP contribution in [-0.2, 0) is 6.42 Å². The summed E-state index contributed by atoms with van der Waals surface area (Å²) in [6.45, 7) is 0. The zero-order valence-electron chi connectivity index (χ0n) is 8.38. The molecule has 0 saturated heterocycles. The first kappa shape index (κ1) is 10.6. The third-order valence-electron chi connectivity index (χ3n) is 2.05. The van der Waals surface area contributed by atoms with Gasteiger partial charge in [-0.05, 0) is 12.1 Å². The van der Waals surface area contributed by atoms with E-state index in [0.717, 1.165) is 0 Å². The Morgan fingerprint density at radius 2 is 2.25 bits per heavy atom. The molecule has 0 radical (unpaired) electrons. The van der Waals surface area contributed by atoms with Gasteiger partial charge in [0.05, 0.1) is 17.7 Å². The van der Waals surface area contributed by atoms with Crippen LogP contribution in [0.2, 0.25) is 0 Å². The maximum atomic E-state index is 11.8. The molecule has 16 heavy (non-hydrogen) atoms. The van der Waals surface area contributed by atoms with E-state index in [-0.39, 0.29) is 18.0 Å². The van der Waals surface area contributed by atoms with Crippen LogP contribution < -0.4 is 11.5 Å². The van der Waals surface area contributed by atoms with Gasteiger partial charge in [-0.25, -0.2) is 9.97 Å². The number of hydrogen-bond acceptors (Lipinski definition) is 6. The van der Waals surface area contributed by atoms with Crippen LogP contribution >= 0.6 is 11.3 Å². The molecule has 0 aliphatic carbocycles. The predicted molar refractivity (Wildman–Crippen MR) is 63.2 cm³/mol. The molecule has 2 aromatic rings. The van der Waals surface area contributed by atoms with Crippen LogP contribution in [-0.4, -0.2) is 15.8 Å². The van der Waals surface area contributed by atoms with Crippen LogP contribution in [0.15, 0.2) is 23.7 Å². The van der Waals surface area contributed by atoms with Gasteiger partial charge in [0.2, 0.25) is 0 Å². The van der Waals surface area contributed by atoms with E-state index >= 15 is 0 Å². The average Bonchev–Trinajstić information content (AvgIpc) is 2.64. The first-order valence-corrected chi connectivity index (χ1v) is 5.48. The Labute approximate surface area is 96.1 Å². The van der Waals surface area contributed by atoms with E-state index in [4.69, 9.17) is 11.5 Å². The first-order chi connectivity index (χ1) is 7.66. The summed E-state index contributed by atoms with van der Waals surface area (Å²) in [7, 11) is 0. The Morgan fingerprint density at radius 3 is 2.88 bits per heavy atom. The van der Waals surface area contributed by atoms with E-state index in [1.807, 2.05) is 0 Å². The molecule has 82 valence electrons. The molecule has 6 heteroatoms. The Morgan fingerprint density at radius 1 is 1.44 bits per heavy atom. The zero-order valence-corrected chi connectivity index (χ0v) is 9.20. The van der Waals surface area contributed by atoms with Crippen molar-refractivity contribution in [3.8, 4) is 0 Å². The molecule has 5 nitrogen and oxygen atoms in total. The fourth-order valence-electron chi connectivity index (χ4n) is 1.32. The molecule has 0 bridgehead atoms. The van der Waals surface area contributed by atoms with Gasteiger partial charge >= 0.3 is 0 Å². The van der Waals surface area contributed by atoms with Crippen molar-refractivity contribution < 1.29 is 4.79 Å². The molecule has 0 fully saturated rings. The van der Waals surface area contributed by atoms with Gasteiger partial charge in [-0.2, -0.15) is 0 Å². The molecule has 2 aromatic heterocycles. The Bertz CT molecular complexity index is 523. The number of anilines is 2. The molecule has 0 unspecified atom stereocenters. The molecule has 0 amide bonds. The highest BCUT2D eigenvalue weighted by molar-refractivity contribution is 7.13. The second-order valence-corrected chi connectivity index (χ2v) is 4.10. The molecule has 0 spiro atoms. The minimum Gasteiger partial charge on any atom is -0.383 e. The Balaban J connectivity index is 2.18. The van der Waals surface area contributed by atoms with Crippen LogP contribution in [0.1, 0.15) is 16.1 Å². The van der Waals surface area contributed by atoms with Crippen LogP contribution in [0.25, 0.3) is 0 Å². The highest BCUT2D eigenvalue weighted by atomic mass is 32.1. The fraction of sp³-hybridized carbons (Fsp3) is 0.100. The lowest BCUT2D eigenvalue weighted by atomic mass is 10.1. The third-order valence-corrected chi connectivity index (χ3v) is 2.77. The summed E-state index contributed by atoms with van der Waals surface area (Å²) in [5, 5.41) is 2.22. The number of carbonyl (C=O) groups is 1. The zero-order chi connectivity index (χ0) is 11.5. The maximum absolute atomic E-state index is 11.8. The van der Waals surface area contributed by atoms with Crippen molar-refractivity contribution in [2.45, 2.75) is 6.42 Å². The van der Waals surface area contributed by atoms with E-state index in [9.17, 15) is 4.79 Å². The normalized spacial score (nSPS) is 10.2. The number of carbonyl (C=O) groups excluding carboxylic acids is 1. The van der Waals surface area contributed by atoms with Gasteiger partial charge in [0.25, 0.3) is 0 Å². The van der Waals surface area contributed by atoms with Crippen molar-refractivity contribution in [1.82, 2.24) is 9.97 Å². The quantitative estimate of drug-likeness (QED) is 0.776. The number of nitrogen functional groups attached to an aromatic ring is 2. The van der Waals surface area contributed by atoms with E-state index < -0.39 is 0 Å². The summed E-state index contributed by atoms with van der Waals surface area (Å²) in [5.41, 5.74) is 12.2. The summed E-state index contributed by atoms with van der Waals surface area (Å²) < 4.78 is 0. The number of thiazole rings is 1. The predicted octanol–water partition coefficient (Wildman–Crippen LogP) is 1.13. The largest absolute Gasteiger partial charge is 0.383 e. The van der Waals surface area contributed by atoms with E-state index in [0.29, 0.717) is 16.4 Å². The number of nitrogens with two attached hydrogens (primary N) is 2. The standard InChI is InChI=1S/C10H10N4OS/c11-9-7(2-1-3-13-9)8(15)4-6-5-16-10(12)14-6/h1-3,5H,4H2,(H2,11,13)(H2,12,14). The minimum atomic E-state index is -0.101. The van der Waals surface area contributed by atoms with Crippen molar-refractivity contribution in [2.24, 2.45) is 0 Å². The van der Waals surface area contributed by atoms with E-state index in [1.54, 1.807) is 23.7 Å². The number of hydrogen-bond donors (Lipinski definition) is 2. The van der Waals surface area contributed by atoms with Gasteiger partial charge in [-0.3, -0.25) is 4.79 Å². The Hall–Kier alpha value is -1.95. The fourth-order valence-corrected chi connectivity index (χ4v) is 1.88. The van der Waals surface area contributed by atoms with Crippen LogP contribution in [0.3, 0.4) is 0 Å². The molecule has 0 atom stereocenters. The molecule has 2 rings (SSSR count). The van der Waals surface area contributed by atoms with Gasteiger partial charge in [-0.15, -0.1) is 11.3 Å². The maximum Gasteiger partial charge on any atom is 0.180 e. The second-order valence-electron chi connectivity index (χ2n) is 3.21. The number of rotatable bonds is 3. The first-order valence-electron chi connectivity index (χ1n) is 4.60. The lowest BCUT2D eigenvalue weighted by Crippen LogP contribution is -2.08. The topological polar surface area (TPSA) is 94.9 Å². The van der Waals surface area contributed by atoms with Gasteiger partial charge in [0.1, 0.15) is 5.82 Å². The van der Waals surface area contributed by atoms with Crippen LogP contribution in [0.5, 0.6) is 0 Å².